The zero-order chi connectivity index (χ0) is 21.2. The third-order valence-corrected chi connectivity index (χ3v) is 6.04. The van der Waals surface area contributed by atoms with Gasteiger partial charge in [0.25, 0.3) is 0 Å². The molecule has 0 aromatic heterocycles. The van der Waals surface area contributed by atoms with E-state index in [0.29, 0.717) is 36.0 Å². The first kappa shape index (κ1) is 21.9. The van der Waals surface area contributed by atoms with E-state index in [1.54, 1.807) is 18.2 Å². The minimum absolute atomic E-state index is 0.0395. The highest BCUT2D eigenvalue weighted by Crippen LogP contribution is 2.39. The molecule has 2 atom stereocenters. The van der Waals surface area contributed by atoms with Crippen molar-refractivity contribution in [2.75, 3.05) is 6.54 Å². The molecule has 0 amide bonds. The Labute approximate surface area is 177 Å². The number of aliphatic carboxylic acids is 1. The first-order valence-electron chi connectivity index (χ1n) is 9.21. The van der Waals surface area contributed by atoms with Gasteiger partial charge in [-0.1, -0.05) is 41.4 Å². The van der Waals surface area contributed by atoms with Crippen molar-refractivity contribution in [2.24, 2.45) is 5.92 Å². The molecule has 1 saturated heterocycles. The second-order valence-electron chi connectivity index (χ2n) is 7.29. The largest absolute Gasteiger partial charge is 0.481 e. The standard InChI is InChI=1S/C21H20Cl2F3NO2/c22-17-2-1-3-18(23)16(17)12-27-9-8-13(11-20(28)29)10-19(27)14-4-6-15(7-5-14)21(24,25)26/h1-7,13,19H,8-12H2,(H,28,29)/t13-,19+/m0/s1. The maximum Gasteiger partial charge on any atom is 0.416 e. The van der Waals surface area contributed by atoms with Crippen LogP contribution in [0.1, 0.15) is 42.0 Å². The predicted molar refractivity (Wildman–Crippen MR) is 106 cm³/mol. The minimum atomic E-state index is -4.40. The highest BCUT2D eigenvalue weighted by molar-refractivity contribution is 6.35. The average Bonchev–Trinajstić information content (AvgIpc) is 2.64. The molecule has 1 N–H and O–H groups in total. The van der Waals surface area contributed by atoms with Crippen LogP contribution in [0, 0.1) is 5.92 Å². The Balaban J connectivity index is 1.89. The molecule has 1 aliphatic rings. The number of benzene rings is 2. The summed E-state index contributed by atoms with van der Waals surface area (Å²) in [4.78, 5) is 13.3. The molecule has 8 heteroatoms. The van der Waals surface area contributed by atoms with E-state index in [1.165, 1.54) is 12.1 Å². The van der Waals surface area contributed by atoms with Crippen LogP contribution in [0.3, 0.4) is 0 Å². The molecule has 156 valence electrons. The first-order chi connectivity index (χ1) is 13.6. The van der Waals surface area contributed by atoms with Gasteiger partial charge < -0.3 is 5.11 Å². The number of nitrogens with zero attached hydrogens (tertiary/aromatic N) is 1. The molecule has 3 nitrogen and oxygen atoms in total. The van der Waals surface area contributed by atoms with Gasteiger partial charge in [0.1, 0.15) is 0 Å². The molecule has 0 radical (unpaired) electrons. The Bertz CT molecular complexity index is 851. The summed E-state index contributed by atoms with van der Waals surface area (Å²) in [6, 6.07) is 10.1. The smallest absolute Gasteiger partial charge is 0.416 e. The zero-order valence-electron chi connectivity index (χ0n) is 15.4. The van der Waals surface area contributed by atoms with Crippen LogP contribution in [-0.2, 0) is 17.5 Å². The van der Waals surface area contributed by atoms with Crippen LogP contribution in [0.5, 0.6) is 0 Å². The van der Waals surface area contributed by atoms with Crippen LogP contribution in [0.25, 0.3) is 0 Å². The summed E-state index contributed by atoms with van der Waals surface area (Å²) >= 11 is 12.6. The number of hydrogen-bond donors (Lipinski definition) is 1. The van der Waals surface area contributed by atoms with Crippen molar-refractivity contribution >= 4 is 29.2 Å². The molecule has 29 heavy (non-hydrogen) atoms. The summed E-state index contributed by atoms with van der Waals surface area (Å²) in [6.07, 6.45) is -3.13. The third kappa shape index (κ3) is 5.44. The second kappa shape index (κ2) is 8.94. The Morgan fingerprint density at radius 1 is 1.10 bits per heavy atom. The number of carboxylic acid groups (broad SMARTS) is 1. The molecular weight excluding hydrogens is 426 g/mol. The molecule has 0 spiro atoms. The molecule has 0 aliphatic carbocycles. The van der Waals surface area contributed by atoms with Gasteiger partial charge in [-0.2, -0.15) is 13.2 Å². The molecule has 1 heterocycles. The second-order valence-corrected chi connectivity index (χ2v) is 8.11. The zero-order valence-corrected chi connectivity index (χ0v) is 16.9. The predicted octanol–water partition coefficient (Wildman–Crippen LogP) is 6.44. The van der Waals surface area contributed by atoms with E-state index in [0.717, 1.165) is 23.3 Å². The number of piperidine rings is 1. The summed E-state index contributed by atoms with van der Waals surface area (Å²) in [5.41, 5.74) is 0.764. The lowest BCUT2D eigenvalue weighted by atomic mass is 9.84. The van der Waals surface area contributed by atoms with E-state index in [2.05, 4.69) is 4.90 Å². The lowest BCUT2D eigenvalue weighted by Gasteiger charge is -2.40. The molecule has 0 unspecified atom stereocenters. The first-order valence-corrected chi connectivity index (χ1v) is 9.96. The average molecular weight is 446 g/mol. The quantitative estimate of drug-likeness (QED) is 0.575. The summed E-state index contributed by atoms with van der Waals surface area (Å²) < 4.78 is 38.7. The lowest BCUT2D eigenvalue weighted by Crippen LogP contribution is -2.37. The molecule has 2 aromatic carbocycles. The van der Waals surface area contributed by atoms with Crippen molar-refractivity contribution in [1.29, 1.82) is 0 Å². The van der Waals surface area contributed by atoms with Gasteiger partial charge in [-0.3, -0.25) is 9.69 Å². The van der Waals surface area contributed by atoms with Crippen molar-refractivity contribution < 1.29 is 23.1 Å². The number of carbonyl (C=O) groups is 1. The fraction of sp³-hybridized carbons (Fsp3) is 0.381. The monoisotopic (exact) mass is 445 g/mol. The van der Waals surface area contributed by atoms with E-state index in [-0.39, 0.29) is 18.4 Å². The fourth-order valence-electron chi connectivity index (χ4n) is 3.84. The van der Waals surface area contributed by atoms with E-state index in [9.17, 15) is 18.0 Å². The van der Waals surface area contributed by atoms with Gasteiger partial charge in [0, 0.05) is 34.6 Å². The molecule has 1 aliphatic heterocycles. The van der Waals surface area contributed by atoms with Gasteiger partial charge >= 0.3 is 12.1 Å². The molecular formula is C21H20Cl2F3NO2. The van der Waals surface area contributed by atoms with E-state index in [1.807, 2.05) is 0 Å². The normalized spacial score (nSPS) is 20.6. The summed E-state index contributed by atoms with van der Waals surface area (Å²) in [5, 5.41) is 10.2. The molecule has 3 rings (SSSR count). The number of alkyl halides is 3. The van der Waals surface area contributed by atoms with Gasteiger partial charge in [0.15, 0.2) is 0 Å². The van der Waals surface area contributed by atoms with E-state index >= 15 is 0 Å². The van der Waals surface area contributed by atoms with Crippen molar-refractivity contribution in [2.45, 2.75) is 38.0 Å². The van der Waals surface area contributed by atoms with Crippen LogP contribution >= 0.6 is 23.2 Å². The SMILES string of the molecule is O=C(O)C[C@H]1CCN(Cc2c(Cl)cccc2Cl)[C@@H](c2ccc(C(F)(F)F)cc2)C1. The van der Waals surface area contributed by atoms with Crippen molar-refractivity contribution in [3.63, 3.8) is 0 Å². The lowest BCUT2D eigenvalue weighted by molar-refractivity contribution is -0.139. The number of carboxylic acids is 1. The molecule has 2 aromatic rings. The Kier molecular flexibility index (Phi) is 6.76. The summed E-state index contributed by atoms with van der Waals surface area (Å²) in [5.74, 6) is -0.915. The van der Waals surface area contributed by atoms with Crippen LogP contribution in [0.15, 0.2) is 42.5 Å². The number of likely N-dealkylation sites (tertiary alicyclic amines) is 1. The van der Waals surface area contributed by atoms with Crippen LogP contribution in [0.4, 0.5) is 13.2 Å². The van der Waals surface area contributed by atoms with Crippen LogP contribution in [-0.4, -0.2) is 22.5 Å². The van der Waals surface area contributed by atoms with Gasteiger partial charge in [0.2, 0.25) is 0 Å². The van der Waals surface area contributed by atoms with E-state index < -0.39 is 17.7 Å². The molecule has 1 fully saturated rings. The van der Waals surface area contributed by atoms with E-state index in [4.69, 9.17) is 28.3 Å². The highest BCUT2D eigenvalue weighted by atomic mass is 35.5. The maximum absolute atomic E-state index is 12.9. The van der Waals surface area contributed by atoms with Gasteiger partial charge in [-0.15, -0.1) is 0 Å². The van der Waals surface area contributed by atoms with Gasteiger partial charge in [-0.05, 0) is 55.1 Å². The number of halogens is 5. The number of rotatable bonds is 5. The Hall–Kier alpha value is -1.76. The summed E-state index contributed by atoms with van der Waals surface area (Å²) in [6.45, 7) is 1.04. The van der Waals surface area contributed by atoms with Crippen molar-refractivity contribution in [3.05, 3.63) is 69.2 Å². The highest BCUT2D eigenvalue weighted by Gasteiger charge is 2.33. The topological polar surface area (TPSA) is 40.5 Å². The van der Waals surface area contributed by atoms with Gasteiger partial charge in [0.05, 0.1) is 5.56 Å². The maximum atomic E-state index is 12.9. The van der Waals surface area contributed by atoms with Gasteiger partial charge in [-0.25, -0.2) is 0 Å². The summed E-state index contributed by atoms with van der Waals surface area (Å²) in [7, 11) is 0. The minimum Gasteiger partial charge on any atom is -0.481 e. The number of hydrogen-bond acceptors (Lipinski definition) is 2. The third-order valence-electron chi connectivity index (χ3n) is 5.33. The van der Waals surface area contributed by atoms with Crippen LogP contribution in [0.2, 0.25) is 10.0 Å². The van der Waals surface area contributed by atoms with Crippen molar-refractivity contribution in [1.82, 2.24) is 4.90 Å². The Morgan fingerprint density at radius 2 is 1.72 bits per heavy atom. The molecule has 0 bridgehead atoms. The van der Waals surface area contributed by atoms with Crippen molar-refractivity contribution in [3.8, 4) is 0 Å². The fourth-order valence-corrected chi connectivity index (χ4v) is 4.35. The molecule has 0 saturated carbocycles. The van der Waals surface area contributed by atoms with Crippen LogP contribution < -0.4 is 0 Å². The Morgan fingerprint density at radius 3 is 2.28 bits per heavy atom.